The molecular weight excluding hydrogens is 346 g/mol. The normalized spacial score (nSPS) is 11.7. The lowest BCUT2D eigenvalue weighted by Gasteiger charge is -2.12. The van der Waals surface area contributed by atoms with E-state index in [2.05, 4.69) is 5.32 Å². The van der Waals surface area contributed by atoms with E-state index in [4.69, 9.17) is 4.74 Å². The Kier molecular flexibility index (Phi) is 7.73. The smallest absolute Gasteiger partial charge is 0.338 e. The minimum atomic E-state index is -0.334. The summed E-state index contributed by atoms with van der Waals surface area (Å²) in [5.74, 6) is -0.409. The summed E-state index contributed by atoms with van der Waals surface area (Å²) in [4.78, 5) is 25.3. The van der Waals surface area contributed by atoms with E-state index in [0.29, 0.717) is 17.9 Å². The van der Waals surface area contributed by atoms with Crippen molar-refractivity contribution < 1.29 is 14.3 Å². The SMILES string of the molecule is CCCCOC(=O)c1ccc(NC(=O)[C@H](C)Sc2ccc(C)cc2)cc1. The van der Waals surface area contributed by atoms with Crippen LogP contribution in [0.15, 0.2) is 53.4 Å². The molecule has 2 rings (SSSR count). The van der Waals surface area contributed by atoms with Gasteiger partial charge in [0.2, 0.25) is 5.91 Å². The standard InChI is InChI=1S/C21H25NO3S/c1-4-5-14-25-21(24)17-8-10-18(11-9-17)22-20(23)16(3)26-19-12-6-15(2)7-13-19/h6-13,16H,4-5,14H2,1-3H3,(H,22,23)/t16-/m0/s1. The number of hydrogen-bond acceptors (Lipinski definition) is 4. The number of thioether (sulfide) groups is 1. The van der Waals surface area contributed by atoms with Crippen LogP contribution in [-0.2, 0) is 9.53 Å². The Labute approximate surface area is 159 Å². The molecule has 0 aliphatic carbocycles. The monoisotopic (exact) mass is 371 g/mol. The molecule has 0 saturated carbocycles. The van der Waals surface area contributed by atoms with Crippen LogP contribution in [0.1, 0.15) is 42.6 Å². The number of unbranched alkanes of at least 4 members (excludes halogenated alkanes) is 1. The summed E-state index contributed by atoms with van der Waals surface area (Å²) in [5, 5.41) is 2.65. The van der Waals surface area contributed by atoms with E-state index in [9.17, 15) is 9.59 Å². The van der Waals surface area contributed by atoms with Crippen molar-refractivity contribution in [2.24, 2.45) is 0 Å². The van der Waals surface area contributed by atoms with Crippen LogP contribution in [-0.4, -0.2) is 23.7 Å². The third kappa shape index (κ3) is 6.23. The van der Waals surface area contributed by atoms with Gasteiger partial charge >= 0.3 is 5.97 Å². The van der Waals surface area contributed by atoms with Crippen molar-refractivity contribution in [1.82, 2.24) is 0 Å². The van der Waals surface area contributed by atoms with E-state index >= 15 is 0 Å². The van der Waals surface area contributed by atoms with Gasteiger partial charge in [-0.05, 0) is 56.7 Å². The van der Waals surface area contributed by atoms with Crippen molar-refractivity contribution >= 4 is 29.3 Å². The van der Waals surface area contributed by atoms with E-state index in [0.717, 1.165) is 17.7 Å². The summed E-state index contributed by atoms with van der Waals surface area (Å²) in [5.41, 5.74) is 2.34. The van der Waals surface area contributed by atoms with Crippen molar-refractivity contribution in [2.45, 2.75) is 43.8 Å². The van der Waals surface area contributed by atoms with Crippen molar-refractivity contribution in [1.29, 1.82) is 0 Å². The van der Waals surface area contributed by atoms with Crippen LogP contribution < -0.4 is 5.32 Å². The zero-order valence-electron chi connectivity index (χ0n) is 15.5. The van der Waals surface area contributed by atoms with Gasteiger partial charge in [-0.15, -0.1) is 11.8 Å². The van der Waals surface area contributed by atoms with E-state index < -0.39 is 0 Å². The number of ether oxygens (including phenoxy) is 1. The first-order valence-electron chi connectivity index (χ1n) is 8.81. The highest BCUT2D eigenvalue weighted by atomic mass is 32.2. The molecule has 5 heteroatoms. The Bertz CT molecular complexity index is 726. The topological polar surface area (TPSA) is 55.4 Å². The molecule has 0 aliphatic heterocycles. The zero-order chi connectivity index (χ0) is 18.9. The summed E-state index contributed by atoms with van der Waals surface area (Å²) < 4.78 is 5.17. The molecule has 0 saturated heterocycles. The molecule has 1 atom stereocenters. The summed E-state index contributed by atoms with van der Waals surface area (Å²) in [6.07, 6.45) is 1.84. The number of benzene rings is 2. The maximum Gasteiger partial charge on any atom is 0.338 e. The van der Waals surface area contributed by atoms with E-state index in [-0.39, 0.29) is 17.1 Å². The van der Waals surface area contributed by atoms with E-state index in [1.165, 1.54) is 17.3 Å². The number of carbonyl (C=O) groups is 2. The number of hydrogen-bond donors (Lipinski definition) is 1. The van der Waals surface area contributed by atoms with Crippen molar-refractivity contribution in [2.75, 3.05) is 11.9 Å². The van der Waals surface area contributed by atoms with E-state index in [1.54, 1.807) is 24.3 Å². The minimum absolute atomic E-state index is 0.0751. The molecule has 4 nitrogen and oxygen atoms in total. The maximum absolute atomic E-state index is 12.4. The predicted molar refractivity (Wildman–Crippen MR) is 107 cm³/mol. The fourth-order valence-corrected chi connectivity index (χ4v) is 3.07. The highest BCUT2D eigenvalue weighted by Crippen LogP contribution is 2.24. The molecule has 0 heterocycles. The van der Waals surface area contributed by atoms with Crippen molar-refractivity contribution in [3.05, 3.63) is 59.7 Å². The van der Waals surface area contributed by atoms with Gasteiger partial charge in [0, 0.05) is 10.6 Å². The molecular formula is C21H25NO3S. The van der Waals surface area contributed by atoms with Crippen LogP contribution >= 0.6 is 11.8 Å². The number of carbonyl (C=O) groups excluding carboxylic acids is 2. The third-order valence-electron chi connectivity index (χ3n) is 3.82. The molecule has 0 unspecified atom stereocenters. The summed E-state index contributed by atoms with van der Waals surface area (Å²) in [7, 11) is 0. The van der Waals surface area contributed by atoms with Gasteiger partial charge in [-0.3, -0.25) is 4.79 Å². The highest BCUT2D eigenvalue weighted by molar-refractivity contribution is 8.00. The Morgan fingerprint density at radius 1 is 1.08 bits per heavy atom. The van der Waals surface area contributed by atoms with Gasteiger partial charge in [0.1, 0.15) is 0 Å². The number of esters is 1. The zero-order valence-corrected chi connectivity index (χ0v) is 16.3. The Morgan fingerprint density at radius 2 is 1.73 bits per heavy atom. The first-order valence-corrected chi connectivity index (χ1v) is 9.69. The maximum atomic E-state index is 12.4. The molecule has 138 valence electrons. The molecule has 0 fully saturated rings. The minimum Gasteiger partial charge on any atom is -0.462 e. The van der Waals surface area contributed by atoms with Crippen LogP contribution in [0, 0.1) is 6.92 Å². The fraction of sp³-hybridized carbons (Fsp3) is 0.333. The number of nitrogens with one attached hydrogen (secondary N) is 1. The van der Waals surface area contributed by atoms with E-state index in [1.807, 2.05) is 45.0 Å². The van der Waals surface area contributed by atoms with Crippen LogP contribution in [0.2, 0.25) is 0 Å². The largest absolute Gasteiger partial charge is 0.462 e. The average Bonchev–Trinajstić information content (AvgIpc) is 2.64. The quantitative estimate of drug-likeness (QED) is 0.400. The lowest BCUT2D eigenvalue weighted by molar-refractivity contribution is -0.115. The summed E-state index contributed by atoms with van der Waals surface area (Å²) in [6, 6.07) is 14.9. The van der Waals surface area contributed by atoms with Crippen molar-refractivity contribution in [3.8, 4) is 0 Å². The molecule has 0 bridgehead atoms. The van der Waals surface area contributed by atoms with Gasteiger partial charge in [0.25, 0.3) is 0 Å². The van der Waals surface area contributed by atoms with Gasteiger partial charge in [-0.2, -0.15) is 0 Å². The van der Waals surface area contributed by atoms with Crippen molar-refractivity contribution in [3.63, 3.8) is 0 Å². The molecule has 0 spiro atoms. The number of aryl methyl sites for hydroxylation is 1. The Morgan fingerprint density at radius 3 is 2.35 bits per heavy atom. The molecule has 1 N–H and O–H groups in total. The summed E-state index contributed by atoms with van der Waals surface area (Å²) in [6.45, 7) is 6.39. The van der Waals surface area contributed by atoms with Crippen LogP contribution in [0.4, 0.5) is 5.69 Å². The first-order chi connectivity index (χ1) is 12.5. The highest BCUT2D eigenvalue weighted by Gasteiger charge is 2.15. The number of rotatable bonds is 8. The number of amides is 1. The molecule has 1 amide bonds. The molecule has 0 radical (unpaired) electrons. The fourth-order valence-electron chi connectivity index (χ4n) is 2.20. The van der Waals surface area contributed by atoms with Gasteiger partial charge in [0.05, 0.1) is 17.4 Å². The van der Waals surface area contributed by atoms with Gasteiger partial charge in [-0.25, -0.2) is 4.79 Å². The second kappa shape index (κ2) is 10.0. The molecule has 2 aromatic carbocycles. The third-order valence-corrected chi connectivity index (χ3v) is 4.93. The van der Waals surface area contributed by atoms with Crippen LogP contribution in [0.3, 0.4) is 0 Å². The Hall–Kier alpha value is -2.27. The molecule has 0 aliphatic rings. The second-order valence-corrected chi connectivity index (χ2v) is 7.54. The number of anilines is 1. The molecule has 0 aromatic heterocycles. The molecule has 26 heavy (non-hydrogen) atoms. The van der Waals surface area contributed by atoms with Crippen LogP contribution in [0.5, 0.6) is 0 Å². The first kappa shape index (κ1) is 20.0. The second-order valence-electron chi connectivity index (χ2n) is 6.13. The lowest BCUT2D eigenvalue weighted by Crippen LogP contribution is -2.22. The average molecular weight is 372 g/mol. The summed E-state index contributed by atoms with van der Waals surface area (Å²) >= 11 is 1.51. The lowest BCUT2D eigenvalue weighted by atomic mass is 10.2. The van der Waals surface area contributed by atoms with Gasteiger partial charge in [0.15, 0.2) is 0 Å². The van der Waals surface area contributed by atoms with Gasteiger partial charge < -0.3 is 10.1 Å². The van der Waals surface area contributed by atoms with Gasteiger partial charge in [-0.1, -0.05) is 31.0 Å². The molecule has 2 aromatic rings. The van der Waals surface area contributed by atoms with Crippen LogP contribution in [0.25, 0.3) is 0 Å². The Balaban J connectivity index is 1.88. The predicted octanol–water partition coefficient (Wildman–Crippen LogP) is 5.07.